The van der Waals surface area contributed by atoms with Gasteiger partial charge in [-0.1, -0.05) is 47.6 Å². The number of methoxy groups -OCH3 is 1. The molecule has 4 aromatic rings. The number of benzene rings is 3. The topological polar surface area (TPSA) is 86.5 Å². The minimum Gasteiger partial charge on any atom is -0.496 e. The lowest BCUT2D eigenvalue weighted by Crippen LogP contribution is -2.14. The average Bonchev–Trinajstić information content (AvgIpc) is 3.24. The van der Waals surface area contributed by atoms with Gasteiger partial charge in [-0.15, -0.1) is 0 Å². The highest BCUT2D eigenvalue weighted by atomic mass is 16.5. The van der Waals surface area contributed by atoms with Crippen LogP contribution in [0.15, 0.2) is 77.3 Å². The van der Waals surface area contributed by atoms with Crippen LogP contribution in [-0.2, 0) is 13.0 Å². The van der Waals surface area contributed by atoms with E-state index in [2.05, 4.69) is 27.6 Å². The van der Waals surface area contributed by atoms with Crippen molar-refractivity contribution in [3.63, 3.8) is 0 Å². The monoisotopic (exact) mass is 429 g/mol. The normalized spacial score (nSPS) is 10.6. The number of nitrogens with one attached hydrogen (secondary N) is 1. The molecule has 162 valence electrons. The molecule has 1 heterocycles. The number of hydrogen-bond acceptors (Lipinski definition) is 6. The highest BCUT2D eigenvalue weighted by Crippen LogP contribution is 2.27. The molecule has 4 rings (SSSR count). The Morgan fingerprint density at radius 2 is 1.78 bits per heavy atom. The second-order valence-corrected chi connectivity index (χ2v) is 7.16. The molecule has 0 saturated heterocycles. The summed E-state index contributed by atoms with van der Waals surface area (Å²) >= 11 is 0. The summed E-state index contributed by atoms with van der Waals surface area (Å²) in [4.78, 5) is 17.1. The van der Waals surface area contributed by atoms with E-state index in [-0.39, 0.29) is 12.5 Å². The Kier molecular flexibility index (Phi) is 6.46. The first-order chi connectivity index (χ1) is 15.6. The number of hydrogen-bond donors (Lipinski definition) is 1. The smallest absolute Gasteiger partial charge is 0.259 e. The van der Waals surface area contributed by atoms with E-state index < -0.39 is 0 Å². The number of aromatic nitrogens is 2. The van der Waals surface area contributed by atoms with E-state index in [0.717, 1.165) is 16.9 Å². The number of rotatable bonds is 8. The predicted octanol–water partition coefficient (Wildman–Crippen LogP) is 4.81. The van der Waals surface area contributed by atoms with E-state index in [9.17, 15) is 4.79 Å². The van der Waals surface area contributed by atoms with Gasteiger partial charge >= 0.3 is 0 Å². The van der Waals surface area contributed by atoms with Crippen molar-refractivity contribution in [2.45, 2.75) is 20.0 Å². The zero-order valence-electron chi connectivity index (χ0n) is 17.9. The van der Waals surface area contributed by atoms with E-state index in [0.29, 0.717) is 35.1 Å². The van der Waals surface area contributed by atoms with Crippen LogP contribution in [-0.4, -0.2) is 23.2 Å². The Hall–Kier alpha value is -4.13. The number of ether oxygens (including phenoxy) is 2. The van der Waals surface area contributed by atoms with Crippen LogP contribution in [0.25, 0.3) is 0 Å². The summed E-state index contributed by atoms with van der Waals surface area (Å²) in [5, 5.41) is 6.76. The Morgan fingerprint density at radius 1 is 1.00 bits per heavy atom. The van der Waals surface area contributed by atoms with E-state index in [4.69, 9.17) is 14.0 Å². The molecule has 0 atom stereocenters. The van der Waals surface area contributed by atoms with Crippen LogP contribution in [0.1, 0.15) is 33.2 Å². The fourth-order valence-electron chi connectivity index (χ4n) is 3.33. The summed E-state index contributed by atoms with van der Waals surface area (Å²) in [6.07, 6.45) is 0.692. The van der Waals surface area contributed by atoms with Gasteiger partial charge in [0.2, 0.25) is 11.7 Å². The van der Waals surface area contributed by atoms with Crippen molar-refractivity contribution < 1.29 is 18.8 Å². The summed E-state index contributed by atoms with van der Waals surface area (Å²) in [6, 6.07) is 22.7. The summed E-state index contributed by atoms with van der Waals surface area (Å²) in [5.41, 5.74) is 3.22. The number of nitrogens with zero attached hydrogens (tertiary/aromatic N) is 2. The zero-order chi connectivity index (χ0) is 22.3. The van der Waals surface area contributed by atoms with Gasteiger partial charge in [0.25, 0.3) is 5.91 Å². The van der Waals surface area contributed by atoms with Crippen molar-refractivity contribution in [2.24, 2.45) is 0 Å². The summed E-state index contributed by atoms with van der Waals surface area (Å²) in [5.74, 6) is 1.80. The molecule has 0 bridgehead atoms. The Labute approximate surface area is 186 Å². The van der Waals surface area contributed by atoms with Gasteiger partial charge in [-0.25, -0.2) is 0 Å². The van der Waals surface area contributed by atoms with E-state index in [1.54, 1.807) is 38.3 Å². The minimum atomic E-state index is -0.277. The lowest BCUT2D eigenvalue weighted by atomic mass is 10.0. The van der Waals surface area contributed by atoms with Crippen molar-refractivity contribution in [3.8, 4) is 11.5 Å². The summed E-state index contributed by atoms with van der Waals surface area (Å²) in [7, 11) is 1.64. The highest BCUT2D eigenvalue weighted by Gasteiger charge is 2.15. The predicted molar refractivity (Wildman–Crippen MR) is 120 cm³/mol. The molecule has 3 aromatic carbocycles. The molecule has 0 fully saturated rings. The third-order valence-corrected chi connectivity index (χ3v) is 4.83. The van der Waals surface area contributed by atoms with Crippen LogP contribution in [0.2, 0.25) is 0 Å². The quantitative estimate of drug-likeness (QED) is 0.433. The second-order valence-electron chi connectivity index (χ2n) is 7.16. The molecule has 1 aromatic heterocycles. The van der Waals surface area contributed by atoms with Crippen LogP contribution >= 0.6 is 0 Å². The molecular formula is C25H23N3O4. The van der Waals surface area contributed by atoms with E-state index in [1.807, 2.05) is 36.4 Å². The van der Waals surface area contributed by atoms with Crippen LogP contribution in [0.4, 0.5) is 5.69 Å². The molecule has 0 aliphatic heterocycles. The highest BCUT2D eigenvalue weighted by molar-refractivity contribution is 6.06. The van der Waals surface area contributed by atoms with Gasteiger partial charge in [-0.3, -0.25) is 4.79 Å². The van der Waals surface area contributed by atoms with Gasteiger partial charge in [0.05, 0.1) is 12.7 Å². The van der Waals surface area contributed by atoms with Gasteiger partial charge in [0, 0.05) is 24.6 Å². The first kappa shape index (κ1) is 21.1. The standard InChI is InChI=1S/C25H23N3O4/c1-17-26-24(28-32-17)16-31-23-11-7-6-10-21(23)25(29)27-20-12-13-22(30-2)19(15-20)14-18-8-4-3-5-9-18/h3-13,15H,14,16H2,1-2H3,(H,27,29). The van der Waals surface area contributed by atoms with Crippen molar-refractivity contribution in [1.82, 2.24) is 10.1 Å². The van der Waals surface area contributed by atoms with Crippen molar-refractivity contribution in [3.05, 3.63) is 101 Å². The molecule has 0 saturated carbocycles. The zero-order valence-corrected chi connectivity index (χ0v) is 17.9. The van der Waals surface area contributed by atoms with Gasteiger partial charge in [0.15, 0.2) is 6.61 Å². The van der Waals surface area contributed by atoms with Gasteiger partial charge < -0.3 is 19.3 Å². The van der Waals surface area contributed by atoms with Crippen LogP contribution in [0.3, 0.4) is 0 Å². The first-order valence-corrected chi connectivity index (χ1v) is 10.2. The molecule has 7 heteroatoms. The lowest BCUT2D eigenvalue weighted by molar-refractivity contribution is 0.102. The first-order valence-electron chi connectivity index (χ1n) is 10.2. The fraction of sp³-hybridized carbons (Fsp3) is 0.160. The number of anilines is 1. The maximum Gasteiger partial charge on any atom is 0.259 e. The molecule has 1 amide bonds. The molecule has 0 aliphatic carbocycles. The molecule has 32 heavy (non-hydrogen) atoms. The SMILES string of the molecule is COc1ccc(NC(=O)c2ccccc2OCc2noc(C)n2)cc1Cc1ccccc1. The van der Waals surface area contributed by atoms with Crippen molar-refractivity contribution >= 4 is 11.6 Å². The molecular weight excluding hydrogens is 406 g/mol. The molecule has 7 nitrogen and oxygen atoms in total. The molecule has 0 spiro atoms. The number of carbonyl (C=O) groups excluding carboxylic acids is 1. The van der Waals surface area contributed by atoms with Crippen LogP contribution in [0.5, 0.6) is 11.5 Å². The van der Waals surface area contributed by atoms with Crippen LogP contribution < -0.4 is 14.8 Å². The maximum atomic E-state index is 13.0. The Balaban J connectivity index is 1.51. The minimum absolute atomic E-state index is 0.103. The van der Waals surface area contributed by atoms with E-state index in [1.165, 1.54) is 0 Å². The van der Waals surface area contributed by atoms with Gasteiger partial charge in [0.1, 0.15) is 11.5 Å². The van der Waals surface area contributed by atoms with Crippen molar-refractivity contribution in [1.29, 1.82) is 0 Å². The van der Waals surface area contributed by atoms with Crippen molar-refractivity contribution in [2.75, 3.05) is 12.4 Å². The third-order valence-electron chi connectivity index (χ3n) is 4.83. The van der Waals surface area contributed by atoms with Gasteiger partial charge in [-0.05, 0) is 35.9 Å². The number of carbonyl (C=O) groups is 1. The summed E-state index contributed by atoms with van der Waals surface area (Å²) < 4.78 is 16.2. The molecule has 1 N–H and O–H groups in total. The molecule has 0 aliphatic rings. The largest absolute Gasteiger partial charge is 0.496 e. The lowest BCUT2D eigenvalue weighted by Gasteiger charge is -2.13. The molecule has 0 unspecified atom stereocenters. The number of aryl methyl sites for hydroxylation is 1. The van der Waals surface area contributed by atoms with E-state index >= 15 is 0 Å². The fourth-order valence-corrected chi connectivity index (χ4v) is 3.33. The Bertz CT molecular complexity index is 1200. The summed E-state index contributed by atoms with van der Waals surface area (Å²) in [6.45, 7) is 1.81. The maximum absolute atomic E-state index is 13.0. The Morgan fingerprint density at radius 3 is 2.53 bits per heavy atom. The number of para-hydroxylation sites is 1. The van der Waals surface area contributed by atoms with Gasteiger partial charge in [-0.2, -0.15) is 4.98 Å². The second kappa shape index (κ2) is 9.78. The molecule has 0 radical (unpaired) electrons. The third kappa shape index (κ3) is 5.13. The van der Waals surface area contributed by atoms with Crippen LogP contribution in [0, 0.1) is 6.92 Å². The number of amides is 1. The average molecular weight is 429 g/mol.